The van der Waals surface area contributed by atoms with Crippen molar-refractivity contribution in [3.05, 3.63) is 88.0 Å². The number of nitrogens with zero attached hydrogens (tertiary/aromatic N) is 3. The van der Waals surface area contributed by atoms with Crippen LogP contribution in [0.4, 0.5) is 5.13 Å². The Bertz CT molecular complexity index is 1440. The highest BCUT2D eigenvalue weighted by Gasteiger charge is 2.26. The van der Waals surface area contributed by atoms with E-state index in [1.54, 1.807) is 30.3 Å². The van der Waals surface area contributed by atoms with Crippen LogP contribution in [0.3, 0.4) is 0 Å². The molecule has 1 amide bonds. The minimum Gasteiger partial charge on any atom is -0.467 e. The van der Waals surface area contributed by atoms with E-state index in [1.807, 2.05) is 18.2 Å². The van der Waals surface area contributed by atoms with Crippen molar-refractivity contribution in [2.75, 3.05) is 4.90 Å². The van der Waals surface area contributed by atoms with E-state index in [9.17, 15) is 9.59 Å². The van der Waals surface area contributed by atoms with Crippen LogP contribution in [0.5, 0.6) is 0 Å². The average Bonchev–Trinajstić information content (AvgIpc) is 3.52. The predicted molar refractivity (Wildman–Crippen MR) is 116 cm³/mol. The van der Waals surface area contributed by atoms with Gasteiger partial charge in [-0.1, -0.05) is 35.1 Å². The molecular weight excluding hydrogens is 440 g/mol. The lowest BCUT2D eigenvalue weighted by Crippen LogP contribution is -2.29. The number of benzene rings is 1. The summed E-state index contributed by atoms with van der Waals surface area (Å²) in [6.45, 7) is 0.103. The lowest BCUT2D eigenvalue weighted by atomic mass is 10.2. The number of carbonyl (C=O) groups is 1. The quantitative estimate of drug-likeness (QED) is 0.413. The van der Waals surface area contributed by atoms with Gasteiger partial charge in [-0.05, 0) is 36.4 Å². The first-order valence-corrected chi connectivity index (χ1v) is 10.3. The third-order valence-corrected chi connectivity index (χ3v) is 5.91. The van der Waals surface area contributed by atoms with Gasteiger partial charge in [0.25, 0.3) is 11.5 Å². The number of halogens is 1. The second kappa shape index (κ2) is 7.86. The molecule has 0 aliphatic rings. The van der Waals surface area contributed by atoms with E-state index in [0.29, 0.717) is 31.9 Å². The number of aromatic amines is 1. The number of amides is 1. The summed E-state index contributed by atoms with van der Waals surface area (Å²) in [4.78, 5) is 37.8. The molecular formula is C21H13ClN4O4S. The van der Waals surface area contributed by atoms with E-state index in [1.165, 1.54) is 17.5 Å². The van der Waals surface area contributed by atoms with Crippen molar-refractivity contribution in [1.82, 2.24) is 15.0 Å². The van der Waals surface area contributed by atoms with Gasteiger partial charge in [0.15, 0.2) is 16.5 Å². The molecule has 0 saturated carbocycles. The van der Waals surface area contributed by atoms with Crippen molar-refractivity contribution < 1.29 is 13.6 Å². The molecule has 0 fully saturated rings. The van der Waals surface area contributed by atoms with Crippen LogP contribution in [0, 0.1) is 0 Å². The van der Waals surface area contributed by atoms with Crippen LogP contribution in [0.15, 0.2) is 74.8 Å². The van der Waals surface area contributed by atoms with Crippen LogP contribution in [-0.4, -0.2) is 20.9 Å². The third kappa shape index (κ3) is 3.65. The fourth-order valence-electron chi connectivity index (χ4n) is 3.05. The van der Waals surface area contributed by atoms with E-state index < -0.39 is 5.91 Å². The summed E-state index contributed by atoms with van der Waals surface area (Å²) in [6, 6.07) is 13.9. The maximum Gasteiger partial charge on any atom is 0.296 e. The Hall–Kier alpha value is -3.69. The van der Waals surface area contributed by atoms with E-state index in [2.05, 4.69) is 15.0 Å². The average molecular weight is 453 g/mol. The molecule has 0 aliphatic heterocycles. The van der Waals surface area contributed by atoms with Crippen molar-refractivity contribution in [1.29, 1.82) is 0 Å². The third-order valence-electron chi connectivity index (χ3n) is 4.51. The molecule has 0 spiro atoms. The lowest BCUT2D eigenvalue weighted by molar-refractivity contribution is 0.0957. The number of furan rings is 2. The molecule has 0 bridgehead atoms. The monoisotopic (exact) mass is 452 g/mol. The van der Waals surface area contributed by atoms with E-state index >= 15 is 0 Å². The van der Waals surface area contributed by atoms with Gasteiger partial charge in [0.2, 0.25) is 0 Å². The van der Waals surface area contributed by atoms with Crippen LogP contribution in [0.25, 0.3) is 21.7 Å². The topological polar surface area (TPSA) is 105 Å². The molecule has 10 heteroatoms. The first-order chi connectivity index (χ1) is 15.1. The number of hydrogen-bond donors (Lipinski definition) is 1. The number of aromatic nitrogens is 3. The summed E-state index contributed by atoms with van der Waals surface area (Å²) >= 11 is 7.31. The van der Waals surface area contributed by atoms with Gasteiger partial charge in [-0.2, -0.15) is 4.98 Å². The minimum absolute atomic E-state index is 0.0996. The van der Waals surface area contributed by atoms with Crippen LogP contribution < -0.4 is 10.5 Å². The number of anilines is 1. The summed E-state index contributed by atoms with van der Waals surface area (Å²) in [6.07, 6.45) is 2.79. The molecule has 0 aliphatic carbocycles. The highest BCUT2D eigenvalue weighted by atomic mass is 35.5. The van der Waals surface area contributed by atoms with Gasteiger partial charge in [-0.3, -0.25) is 14.5 Å². The summed E-state index contributed by atoms with van der Waals surface area (Å²) in [7, 11) is 0. The van der Waals surface area contributed by atoms with Crippen molar-refractivity contribution in [3.8, 4) is 11.3 Å². The number of thiazole rings is 1. The first-order valence-electron chi connectivity index (χ1n) is 9.13. The molecule has 5 rings (SSSR count). The highest BCUT2D eigenvalue weighted by molar-refractivity contribution is 7.22. The van der Waals surface area contributed by atoms with Crippen molar-refractivity contribution >= 4 is 44.3 Å². The molecule has 0 saturated heterocycles. The van der Waals surface area contributed by atoms with Gasteiger partial charge in [0, 0.05) is 5.56 Å². The normalized spacial score (nSPS) is 11.1. The van der Waals surface area contributed by atoms with E-state index in [4.69, 9.17) is 20.4 Å². The second-order valence-corrected chi connectivity index (χ2v) is 7.88. The molecule has 0 unspecified atom stereocenters. The standard InChI is InChI=1S/C21H13ClN4O4S/c22-14-6-2-1-5-13(14)15-7-8-16(30-15)20(28)26(10-12-4-3-9-29-12)21-25-18-17(31-21)19(27)24-11-23-18/h1-9,11H,10H2,(H,23,24,27). The second-order valence-electron chi connectivity index (χ2n) is 6.50. The highest BCUT2D eigenvalue weighted by Crippen LogP contribution is 2.32. The largest absolute Gasteiger partial charge is 0.467 e. The Morgan fingerprint density at radius 1 is 1.16 bits per heavy atom. The summed E-state index contributed by atoms with van der Waals surface area (Å²) in [5.41, 5.74) is 0.617. The number of nitrogens with one attached hydrogen (secondary N) is 1. The van der Waals surface area contributed by atoms with Gasteiger partial charge >= 0.3 is 0 Å². The molecule has 31 heavy (non-hydrogen) atoms. The van der Waals surface area contributed by atoms with Gasteiger partial charge in [-0.15, -0.1) is 0 Å². The fraction of sp³-hybridized carbons (Fsp3) is 0.0476. The van der Waals surface area contributed by atoms with Gasteiger partial charge in [0.1, 0.15) is 16.2 Å². The van der Waals surface area contributed by atoms with Crippen molar-refractivity contribution in [3.63, 3.8) is 0 Å². The lowest BCUT2D eigenvalue weighted by Gasteiger charge is -2.17. The van der Waals surface area contributed by atoms with Crippen LogP contribution in [0.2, 0.25) is 5.02 Å². The number of carbonyl (C=O) groups excluding carboxylic acids is 1. The zero-order chi connectivity index (χ0) is 21.4. The Labute approximate surface area is 183 Å². The maximum atomic E-state index is 13.4. The molecule has 8 nitrogen and oxygen atoms in total. The zero-order valence-corrected chi connectivity index (χ0v) is 17.3. The number of fused-ring (bicyclic) bond motifs is 1. The molecule has 1 aromatic carbocycles. The fourth-order valence-corrected chi connectivity index (χ4v) is 4.19. The Morgan fingerprint density at radius 3 is 2.81 bits per heavy atom. The van der Waals surface area contributed by atoms with Crippen LogP contribution in [-0.2, 0) is 6.54 Å². The van der Waals surface area contributed by atoms with Crippen molar-refractivity contribution in [2.45, 2.75) is 6.54 Å². The molecule has 4 heterocycles. The van der Waals surface area contributed by atoms with E-state index in [0.717, 1.165) is 11.3 Å². The summed E-state index contributed by atoms with van der Waals surface area (Å²) in [5, 5.41) is 0.816. The molecule has 5 aromatic rings. The Morgan fingerprint density at radius 2 is 2.03 bits per heavy atom. The molecule has 0 atom stereocenters. The van der Waals surface area contributed by atoms with Gasteiger partial charge in [-0.25, -0.2) is 4.98 Å². The van der Waals surface area contributed by atoms with E-state index in [-0.39, 0.29) is 23.5 Å². The Kier molecular flexibility index (Phi) is 4.89. The van der Waals surface area contributed by atoms with Crippen molar-refractivity contribution in [2.24, 2.45) is 0 Å². The summed E-state index contributed by atoms with van der Waals surface area (Å²) in [5.74, 6) is 0.675. The minimum atomic E-state index is -0.440. The molecule has 0 radical (unpaired) electrons. The Balaban J connectivity index is 1.55. The zero-order valence-electron chi connectivity index (χ0n) is 15.7. The number of H-pyrrole nitrogens is 1. The smallest absolute Gasteiger partial charge is 0.296 e. The van der Waals surface area contributed by atoms with Gasteiger partial charge < -0.3 is 13.8 Å². The number of hydrogen-bond acceptors (Lipinski definition) is 7. The van der Waals surface area contributed by atoms with Crippen LogP contribution in [0.1, 0.15) is 16.3 Å². The van der Waals surface area contributed by atoms with Gasteiger partial charge in [0.05, 0.1) is 24.2 Å². The molecule has 1 N–H and O–H groups in total. The molecule has 154 valence electrons. The first kappa shape index (κ1) is 19.3. The summed E-state index contributed by atoms with van der Waals surface area (Å²) < 4.78 is 11.6. The number of rotatable bonds is 5. The predicted octanol–water partition coefficient (Wildman–Crippen LogP) is 4.73. The van der Waals surface area contributed by atoms with Crippen LogP contribution >= 0.6 is 22.9 Å². The maximum absolute atomic E-state index is 13.4. The SMILES string of the molecule is O=C(c1ccc(-c2ccccc2Cl)o1)N(Cc1ccco1)c1nc2nc[nH]c(=O)c2s1. The molecule has 4 aromatic heterocycles.